The summed E-state index contributed by atoms with van der Waals surface area (Å²) in [6, 6.07) is 1.90. The number of morpholine rings is 1. The Labute approximate surface area is 116 Å². The molecule has 0 aromatic carbocycles. The molecule has 1 aliphatic heterocycles. The molecule has 3 N–H and O–H groups in total. The van der Waals surface area contributed by atoms with E-state index in [0.717, 1.165) is 0 Å². The van der Waals surface area contributed by atoms with Gasteiger partial charge in [0.1, 0.15) is 17.5 Å². The Morgan fingerprint density at radius 3 is 3.20 bits per heavy atom. The number of amides is 1. The summed E-state index contributed by atoms with van der Waals surface area (Å²) in [6.07, 6.45) is 1.25. The molecular formula is C12H16N6O2. The molecule has 20 heavy (non-hydrogen) atoms. The van der Waals surface area contributed by atoms with Crippen LogP contribution in [0.3, 0.4) is 0 Å². The number of nitrogens with one attached hydrogen (secondary N) is 1. The van der Waals surface area contributed by atoms with Gasteiger partial charge in [-0.05, 0) is 0 Å². The van der Waals surface area contributed by atoms with Crippen LogP contribution in [0.2, 0.25) is 0 Å². The Morgan fingerprint density at radius 1 is 1.75 bits per heavy atom. The SMILES string of the molecule is CC(=O)N1CCO[C@H](CNc2ncc(C#N)c(N)n2)C1. The minimum atomic E-state index is -0.117. The molecule has 2 rings (SSSR count). The van der Waals surface area contributed by atoms with Crippen LogP contribution in [0.25, 0.3) is 0 Å². The topological polar surface area (TPSA) is 117 Å². The van der Waals surface area contributed by atoms with E-state index in [1.807, 2.05) is 6.07 Å². The molecule has 0 unspecified atom stereocenters. The van der Waals surface area contributed by atoms with E-state index in [1.165, 1.54) is 6.20 Å². The fourth-order valence-corrected chi connectivity index (χ4v) is 1.90. The lowest BCUT2D eigenvalue weighted by molar-refractivity contribution is -0.135. The van der Waals surface area contributed by atoms with Crippen LogP contribution in [0.1, 0.15) is 12.5 Å². The molecule has 1 aliphatic rings. The molecule has 106 valence electrons. The van der Waals surface area contributed by atoms with Gasteiger partial charge in [0.15, 0.2) is 0 Å². The van der Waals surface area contributed by atoms with Crippen molar-refractivity contribution in [2.45, 2.75) is 13.0 Å². The number of anilines is 2. The van der Waals surface area contributed by atoms with Crippen molar-refractivity contribution < 1.29 is 9.53 Å². The van der Waals surface area contributed by atoms with Crippen molar-refractivity contribution in [3.05, 3.63) is 11.8 Å². The maximum absolute atomic E-state index is 11.3. The van der Waals surface area contributed by atoms with Gasteiger partial charge in [-0.2, -0.15) is 10.2 Å². The van der Waals surface area contributed by atoms with Crippen molar-refractivity contribution >= 4 is 17.7 Å². The monoisotopic (exact) mass is 276 g/mol. The minimum absolute atomic E-state index is 0.0390. The van der Waals surface area contributed by atoms with Gasteiger partial charge >= 0.3 is 0 Å². The van der Waals surface area contributed by atoms with Gasteiger partial charge in [0.25, 0.3) is 0 Å². The highest BCUT2D eigenvalue weighted by atomic mass is 16.5. The quantitative estimate of drug-likeness (QED) is 0.770. The molecule has 1 saturated heterocycles. The number of rotatable bonds is 3. The Kier molecular flexibility index (Phi) is 4.32. The van der Waals surface area contributed by atoms with E-state index < -0.39 is 0 Å². The van der Waals surface area contributed by atoms with Gasteiger partial charge in [-0.15, -0.1) is 0 Å². The minimum Gasteiger partial charge on any atom is -0.382 e. The van der Waals surface area contributed by atoms with Crippen molar-refractivity contribution in [1.82, 2.24) is 14.9 Å². The molecule has 1 aromatic rings. The van der Waals surface area contributed by atoms with Crippen molar-refractivity contribution in [1.29, 1.82) is 5.26 Å². The van der Waals surface area contributed by atoms with Crippen molar-refractivity contribution in [3.63, 3.8) is 0 Å². The van der Waals surface area contributed by atoms with Gasteiger partial charge in [0.2, 0.25) is 11.9 Å². The first-order valence-electron chi connectivity index (χ1n) is 6.23. The van der Waals surface area contributed by atoms with Crippen LogP contribution in [0.15, 0.2) is 6.20 Å². The van der Waals surface area contributed by atoms with Gasteiger partial charge in [-0.3, -0.25) is 4.79 Å². The summed E-state index contributed by atoms with van der Waals surface area (Å²) >= 11 is 0. The lowest BCUT2D eigenvalue weighted by Gasteiger charge is -2.32. The Bertz CT molecular complexity index is 541. The highest BCUT2D eigenvalue weighted by Gasteiger charge is 2.22. The first kappa shape index (κ1) is 14.0. The molecule has 0 radical (unpaired) electrons. The average molecular weight is 276 g/mol. The third-order valence-electron chi connectivity index (χ3n) is 3.01. The molecule has 0 aliphatic carbocycles. The van der Waals surface area contributed by atoms with Crippen LogP contribution in [0.4, 0.5) is 11.8 Å². The van der Waals surface area contributed by atoms with Crippen LogP contribution < -0.4 is 11.1 Å². The van der Waals surface area contributed by atoms with E-state index >= 15 is 0 Å². The number of hydrogen-bond donors (Lipinski definition) is 2. The second-order valence-electron chi connectivity index (χ2n) is 4.44. The largest absolute Gasteiger partial charge is 0.382 e. The summed E-state index contributed by atoms with van der Waals surface area (Å²) < 4.78 is 5.56. The van der Waals surface area contributed by atoms with E-state index in [1.54, 1.807) is 11.8 Å². The number of carbonyl (C=O) groups excluding carboxylic acids is 1. The zero-order valence-corrected chi connectivity index (χ0v) is 11.2. The number of hydrogen-bond acceptors (Lipinski definition) is 7. The fourth-order valence-electron chi connectivity index (χ4n) is 1.90. The van der Waals surface area contributed by atoms with E-state index in [2.05, 4.69) is 15.3 Å². The van der Waals surface area contributed by atoms with E-state index in [-0.39, 0.29) is 23.4 Å². The summed E-state index contributed by atoms with van der Waals surface area (Å²) in [5, 5.41) is 11.7. The van der Waals surface area contributed by atoms with Crippen LogP contribution >= 0.6 is 0 Å². The fraction of sp³-hybridized carbons (Fsp3) is 0.500. The molecule has 0 saturated carbocycles. The molecule has 1 fully saturated rings. The Morgan fingerprint density at radius 2 is 2.55 bits per heavy atom. The zero-order chi connectivity index (χ0) is 14.5. The first-order valence-corrected chi connectivity index (χ1v) is 6.23. The van der Waals surface area contributed by atoms with E-state index in [4.69, 9.17) is 15.7 Å². The van der Waals surface area contributed by atoms with Crippen LogP contribution in [0, 0.1) is 11.3 Å². The van der Waals surface area contributed by atoms with Crippen LogP contribution in [-0.2, 0) is 9.53 Å². The third kappa shape index (κ3) is 3.33. The average Bonchev–Trinajstić information content (AvgIpc) is 2.45. The number of nitriles is 1. The standard InChI is InChI=1S/C12H16N6O2/c1-8(19)18-2-3-20-10(7-18)6-16-12-15-5-9(4-13)11(14)17-12/h5,10H,2-3,6-7H2,1H3,(H3,14,15,16,17)/t10-/m1/s1. The Hall–Kier alpha value is -2.40. The molecule has 2 heterocycles. The van der Waals surface area contributed by atoms with Crippen LogP contribution in [-0.4, -0.2) is 53.1 Å². The molecule has 8 heteroatoms. The number of nitrogens with zero attached hydrogens (tertiary/aromatic N) is 4. The van der Waals surface area contributed by atoms with Crippen molar-refractivity contribution in [2.24, 2.45) is 0 Å². The second kappa shape index (κ2) is 6.16. The molecule has 1 atom stereocenters. The summed E-state index contributed by atoms with van der Waals surface area (Å²) in [6.45, 7) is 3.68. The molecule has 1 amide bonds. The van der Waals surface area contributed by atoms with Crippen molar-refractivity contribution in [2.75, 3.05) is 37.3 Å². The van der Waals surface area contributed by atoms with Crippen LogP contribution in [0.5, 0.6) is 0 Å². The predicted molar refractivity (Wildman–Crippen MR) is 71.6 cm³/mol. The second-order valence-corrected chi connectivity index (χ2v) is 4.44. The first-order chi connectivity index (χ1) is 9.60. The lowest BCUT2D eigenvalue weighted by atomic mass is 10.2. The maximum Gasteiger partial charge on any atom is 0.224 e. The summed E-state index contributed by atoms with van der Waals surface area (Å²) in [7, 11) is 0. The maximum atomic E-state index is 11.3. The normalized spacial score (nSPS) is 18.4. The van der Waals surface area contributed by atoms with E-state index in [9.17, 15) is 4.79 Å². The van der Waals surface area contributed by atoms with Gasteiger partial charge in [-0.25, -0.2) is 4.98 Å². The summed E-state index contributed by atoms with van der Waals surface area (Å²) in [4.78, 5) is 21.0. The third-order valence-corrected chi connectivity index (χ3v) is 3.01. The Balaban J connectivity index is 1.90. The summed E-state index contributed by atoms with van der Waals surface area (Å²) in [5.74, 6) is 0.516. The predicted octanol–water partition coefficient (Wildman–Crippen LogP) is -0.410. The number of nitrogens with two attached hydrogens (primary N) is 1. The van der Waals surface area contributed by atoms with Gasteiger partial charge < -0.3 is 20.7 Å². The zero-order valence-electron chi connectivity index (χ0n) is 11.2. The molecule has 0 bridgehead atoms. The lowest BCUT2D eigenvalue weighted by Crippen LogP contribution is -2.47. The highest BCUT2D eigenvalue weighted by Crippen LogP contribution is 2.10. The number of nitrogen functional groups attached to an aromatic ring is 1. The molecule has 0 spiro atoms. The molecule has 8 nitrogen and oxygen atoms in total. The van der Waals surface area contributed by atoms with Gasteiger partial charge in [0.05, 0.1) is 18.9 Å². The smallest absolute Gasteiger partial charge is 0.224 e. The molecular weight excluding hydrogens is 260 g/mol. The number of aromatic nitrogens is 2. The number of carbonyl (C=O) groups is 1. The van der Waals surface area contributed by atoms with Gasteiger partial charge in [-0.1, -0.05) is 0 Å². The molecule has 1 aromatic heterocycles. The summed E-state index contributed by atoms with van der Waals surface area (Å²) in [5.41, 5.74) is 5.85. The van der Waals surface area contributed by atoms with Crippen molar-refractivity contribution in [3.8, 4) is 6.07 Å². The van der Waals surface area contributed by atoms with E-state index in [0.29, 0.717) is 32.2 Å². The number of ether oxygens (including phenoxy) is 1. The highest BCUT2D eigenvalue weighted by molar-refractivity contribution is 5.73. The van der Waals surface area contributed by atoms with Gasteiger partial charge in [0, 0.05) is 26.6 Å².